The molecule has 112 valence electrons. The van der Waals surface area contributed by atoms with Gasteiger partial charge in [0, 0.05) is 22.7 Å². The van der Waals surface area contributed by atoms with Crippen molar-refractivity contribution >= 4 is 16.7 Å². The number of Topliss-reactive ketones (excluding diaryl/α,β-unsaturated/α-hetero) is 1. The molecule has 0 aliphatic carbocycles. The average Bonchev–Trinajstić information content (AvgIpc) is 3.00. The highest BCUT2D eigenvalue weighted by molar-refractivity contribution is 6.09. The number of hydrogen-bond donors (Lipinski definition) is 1. The fraction of sp³-hybridized carbons (Fsp3) is 0.500. The van der Waals surface area contributed by atoms with Crippen molar-refractivity contribution in [1.82, 2.24) is 4.98 Å². The molecule has 1 aliphatic rings. The SMILES string of the molecule is CCc1cccc2c(C(=O)C3C(C)OC(C)C3C)c[nH]c12. The van der Waals surface area contributed by atoms with Gasteiger partial charge in [-0.05, 0) is 31.7 Å². The van der Waals surface area contributed by atoms with E-state index in [2.05, 4.69) is 31.8 Å². The van der Waals surface area contributed by atoms with Crippen molar-refractivity contribution in [3.8, 4) is 0 Å². The van der Waals surface area contributed by atoms with Crippen LogP contribution < -0.4 is 0 Å². The summed E-state index contributed by atoms with van der Waals surface area (Å²) in [7, 11) is 0. The van der Waals surface area contributed by atoms with Crippen LogP contribution in [-0.4, -0.2) is 23.0 Å². The number of aromatic amines is 1. The molecule has 21 heavy (non-hydrogen) atoms. The van der Waals surface area contributed by atoms with Crippen LogP contribution in [0, 0.1) is 11.8 Å². The lowest BCUT2D eigenvalue weighted by Crippen LogP contribution is -2.26. The molecule has 0 amide bonds. The van der Waals surface area contributed by atoms with Crippen LogP contribution >= 0.6 is 0 Å². The number of benzene rings is 1. The topological polar surface area (TPSA) is 42.1 Å². The molecule has 4 unspecified atom stereocenters. The molecule has 1 aliphatic heterocycles. The molecule has 1 saturated heterocycles. The van der Waals surface area contributed by atoms with Crippen LogP contribution in [-0.2, 0) is 11.2 Å². The van der Waals surface area contributed by atoms with Gasteiger partial charge in [0.1, 0.15) is 0 Å². The molecule has 3 heteroatoms. The maximum atomic E-state index is 13.0. The van der Waals surface area contributed by atoms with Crippen LogP contribution in [0.1, 0.15) is 43.6 Å². The van der Waals surface area contributed by atoms with Gasteiger partial charge in [-0.25, -0.2) is 0 Å². The lowest BCUT2D eigenvalue weighted by molar-refractivity contribution is 0.0491. The van der Waals surface area contributed by atoms with E-state index < -0.39 is 0 Å². The second-order valence-corrected chi connectivity index (χ2v) is 6.19. The molecule has 1 fully saturated rings. The van der Waals surface area contributed by atoms with Crippen molar-refractivity contribution in [2.75, 3.05) is 0 Å². The summed E-state index contributed by atoms with van der Waals surface area (Å²) in [6, 6.07) is 6.18. The van der Waals surface area contributed by atoms with Crippen molar-refractivity contribution in [3.05, 3.63) is 35.5 Å². The summed E-state index contributed by atoms with van der Waals surface area (Å²) in [6.07, 6.45) is 2.96. The normalized spacial score (nSPS) is 29.1. The van der Waals surface area contributed by atoms with E-state index in [-0.39, 0.29) is 29.8 Å². The molecule has 3 rings (SSSR count). The molecule has 0 radical (unpaired) electrons. The highest BCUT2D eigenvalue weighted by Gasteiger charge is 2.42. The van der Waals surface area contributed by atoms with Crippen LogP contribution in [0.5, 0.6) is 0 Å². The second-order valence-electron chi connectivity index (χ2n) is 6.19. The molecule has 4 atom stereocenters. The fourth-order valence-electron chi connectivity index (χ4n) is 3.61. The standard InChI is InChI=1S/C18H23NO2/c1-5-13-7-6-8-14-15(9-19-17(13)14)18(20)16-10(2)11(3)21-12(16)4/h6-12,16,19H,5H2,1-4H3. The van der Waals surface area contributed by atoms with Crippen molar-refractivity contribution in [3.63, 3.8) is 0 Å². The molecule has 0 bridgehead atoms. The Balaban J connectivity index is 2.03. The van der Waals surface area contributed by atoms with E-state index in [1.165, 1.54) is 5.56 Å². The van der Waals surface area contributed by atoms with E-state index in [9.17, 15) is 4.79 Å². The number of aromatic nitrogens is 1. The molecule has 2 aromatic rings. The minimum atomic E-state index is -0.0516. The summed E-state index contributed by atoms with van der Waals surface area (Å²) >= 11 is 0. The third-order valence-corrected chi connectivity index (χ3v) is 4.99. The van der Waals surface area contributed by atoms with Gasteiger partial charge in [0.05, 0.1) is 18.1 Å². The Kier molecular flexibility index (Phi) is 3.62. The van der Waals surface area contributed by atoms with Gasteiger partial charge in [-0.3, -0.25) is 4.79 Å². The number of carbonyl (C=O) groups is 1. The van der Waals surface area contributed by atoms with Gasteiger partial charge in [-0.1, -0.05) is 32.0 Å². The monoisotopic (exact) mass is 285 g/mol. The number of ether oxygens (including phenoxy) is 1. The number of ketones is 1. The van der Waals surface area contributed by atoms with Crippen LogP contribution in [0.15, 0.2) is 24.4 Å². The minimum absolute atomic E-state index is 0.0122. The number of hydrogen-bond acceptors (Lipinski definition) is 2. The smallest absolute Gasteiger partial charge is 0.171 e. The van der Waals surface area contributed by atoms with E-state index in [0.29, 0.717) is 0 Å². The lowest BCUT2D eigenvalue weighted by Gasteiger charge is -2.16. The molecule has 3 nitrogen and oxygen atoms in total. The summed E-state index contributed by atoms with van der Waals surface area (Å²) in [4.78, 5) is 16.3. The van der Waals surface area contributed by atoms with Crippen molar-refractivity contribution in [1.29, 1.82) is 0 Å². The summed E-state index contributed by atoms with van der Waals surface area (Å²) in [5, 5.41) is 1.04. The van der Waals surface area contributed by atoms with Gasteiger partial charge in [0.25, 0.3) is 0 Å². The number of H-pyrrole nitrogens is 1. The van der Waals surface area contributed by atoms with Crippen LogP contribution in [0.25, 0.3) is 10.9 Å². The van der Waals surface area contributed by atoms with E-state index in [0.717, 1.165) is 22.9 Å². The number of rotatable bonds is 3. The predicted octanol–water partition coefficient (Wildman–Crippen LogP) is 3.97. The first-order valence-electron chi connectivity index (χ1n) is 7.83. The predicted molar refractivity (Wildman–Crippen MR) is 84.7 cm³/mol. The van der Waals surface area contributed by atoms with E-state index in [1.54, 1.807) is 0 Å². The molecule has 2 heterocycles. The molecular weight excluding hydrogens is 262 g/mol. The maximum absolute atomic E-state index is 13.0. The van der Waals surface area contributed by atoms with Crippen molar-refractivity contribution < 1.29 is 9.53 Å². The summed E-state index contributed by atoms with van der Waals surface area (Å²) < 4.78 is 5.83. The zero-order valence-electron chi connectivity index (χ0n) is 13.1. The zero-order chi connectivity index (χ0) is 15.1. The van der Waals surface area contributed by atoms with E-state index >= 15 is 0 Å². The third-order valence-electron chi connectivity index (χ3n) is 4.99. The Bertz CT molecular complexity index is 673. The Morgan fingerprint density at radius 3 is 2.62 bits per heavy atom. The highest BCUT2D eigenvalue weighted by Crippen LogP contribution is 2.36. The molecular formula is C18H23NO2. The molecule has 1 aromatic heterocycles. The van der Waals surface area contributed by atoms with E-state index in [4.69, 9.17) is 4.74 Å². The van der Waals surface area contributed by atoms with Crippen LogP contribution in [0.4, 0.5) is 0 Å². The largest absolute Gasteiger partial charge is 0.374 e. The molecule has 0 spiro atoms. The first-order chi connectivity index (χ1) is 10.0. The van der Waals surface area contributed by atoms with Gasteiger partial charge >= 0.3 is 0 Å². The fourth-order valence-corrected chi connectivity index (χ4v) is 3.61. The summed E-state index contributed by atoms with van der Waals surface area (Å²) in [6.45, 7) is 8.31. The van der Waals surface area contributed by atoms with Crippen molar-refractivity contribution in [2.24, 2.45) is 11.8 Å². The van der Waals surface area contributed by atoms with Crippen LogP contribution in [0.3, 0.4) is 0 Å². The second kappa shape index (κ2) is 5.30. The molecule has 1 aromatic carbocycles. The quantitative estimate of drug-likeness (QED) is 0.867. The number of carbonyl (C=O) groups excluding carboxylic acids is 1. The zero-order valence-corrected chi connectivity index (χ0v) is 13.1. The van der Waals surface area contributed by atoms with Crippen LogP contribution in [0.2, 0.25) is 0 Å². The molecule has 0 saturated carbocycles. The van der Waals surface area contributed by atoms with Gasteiger partial charge < -0.3 is 9.72 Å². The number of aryl methyl sites for hydroxylation is 1. The van der Waals surface area contributed by atoms with Gasteiger partial charge in [-0.15, -0.1) is 0 Å². The first kappa shape index (κ1) is 14.3. The maximum Gasteiger partial charge on any atom is 0.171 e. The minimum Gasteiger partial charge on any atom is -0.374 e. The average molecular weight is 285 g/mol. The number of para-hydroxylation sites is 1. The number of nitrogens with one attached hydrogen (secondary N) is 1. The Hall–Kier alpha value is -1.61. The summed E-state index contributed by atoms with van der Waals surface area (Å²) in [5.41, 5.74) is 3.15. The van der Waals surface area contributed by atoms with E-state index in [1.807, 2.05) is 25.3 Å². The Morgan fingerprint density at radius 2 is 2.00 bits per heavy atom. The van der Waals surface area contributed by atoms with Gasteiger partial charge in [0.2, 0.25) is 0 Å². The Morgan fingerprint density at radius 1 is 1.24 bits per heavy atom. The molecule has 1 N–H and O–H groups in total. The third kappa shape index (κ3) is 2.20. The lowest BCUT2D eigenvalue weighted by atomic mass is 9.83. The van der Waals surface area contributed by atoms with Gasteiger partial charge in [-0.2, -0.15) is 0 Å². The Labute approximate surface area is 125 Å². The number of fused-ring (bicyclic) bond motifs is 1. The van der Waals surface area contributed by atoms with Crippen molar-refractivity contribution in [2.45, 2.75) is 46.3 Å². The first-order valence-corrected chi connectivity index (χ1v) is 7.83. The highest BCUT2D eigenvalue weighted by atomic mass is 16.5. The summed E-state index contributed by atoms with van der Waals surface area (Å²) in [5.74, 6) is 0.412. The van der Waals surface area contributed by atoms with Gasteiger partial charge in [0.15, 0.2) is 5.78 Å².